The standard InChI is InChI=1S/C19H14N2O8/c1-11-8-12(28-13-2-5-15(20(24)25)17(22)9-13)4-7-19(11)29-14-3-6-16(21(26)27)18(23)10-14/h2-10,22-23H,1H3. The van der Waals surface area contributed by atoms with Gasteiger partial charge in [0.05, 0.1) is 9.85 Å². The lowest BCUT2D eigenvalue weighted by molar-refractivity contribution is -0.386. The summed E-state index contributed by atoms with van der Waals surface area (Å²) in [6.07, 6.45) is 0. The number of hydrogen-bond acceptors (Lipinski definition) is 8. The van der Waals surface area contributed by atoms with Crippen LogP contribution < -0.4 is 9.47 Å². The van der Waals surface area contributed by atoms with Gasteiger partial charge in [-0.1, -0.05) is 0 Å². The van der Waals surface area contributed by atoms with Gasteiger partial charge >= 0.3 is 11.4 Å². The molecule has 0 aliphatic carbocycles. The summed E-state index contributed by atoms with van der Waals surface area (Å²) in [6, 6.07) is 12.1. The molecule has 10 nitrogen and oxygen atoms in total. The van der Waals surface area contributed by atoms with Crippen molar-refractivity contribution in [2.45, 2.75) is 6.92 Å². The van der Waals surface area contributed by atoms with Crippen molar-refractivity contribution in [2.24, 2.45) is 0 Å². The summed E-state index contributed by atoms with van der Waals surface area (Å²) in [7, 11) is 0. The Morgan fingerprint density at radius 1 is 0.724 bits per heavy atom. The molecule has 3 aromatic rings. The zero-order valence-electron chi connectivity index (χ0n) is 14.9. The van der Waals surface area contributed by atoms with Crippen LogP contribution in [0.5, 0.6) is 34.5 Å². The molecule has 0 fully saturated rings. The Morgan fingerprint density at radius 3 is 1.62 bits per heavy atom. The lowest BCUT2D eigenvalue weighted by atomic mass is 10.2. The zero-order chi connectivity index (χ0) is 21.1. The van der Waals surface area contributed by atoms with E-state index in [1.807, 2.05) is 0 Å². The Balaban J connectivity index is 1.77. The molecule has 0 spiro atoms. The smallest absolute Gasteiger partial charge is 0.310 e. The minimum absolute atomic E-state index is 0.210. The van der Waals surface area contributed by atoms with Crippen LogP contribution in [0.25, 0.3) is 0 Å². The molecule has 0 unspecified atom stereocenters. The molecule has 0 bridgehead atoms. The van der Waals surface area contributed by atoms with Crippen molar-refractivity contribution >= 4 is 11.4 Å². The molecule has 0 saturated carbocycles. The second kappa shape index (κ2) is 7.72. The van der Waals surface area contributed by atoms with E-state index in [1.165, 1.54) is 12.1 Å². The third-order valence-corrected chi connectivity index (χ3v) is 3.90. The first-order valence-electron chi connectivity index (χ1n) is 8.16. The van der Waals surface area contributed by atoms with Crippen LogP contribution in [0.15, 0.2) is 54.6 Å². The van der Waals surface area contributed by atoms with E-state index in [2.05, 4.69) is 0 Å². The van der Waals surface area contributed by atoms with E-state index in [0.717, 1.165) is 24.3 Å². The van der Waals surface area contributed by atoms with E-state index in [1.54, 1.807) is 25.1 Å². The number of phenolic OH excluding ortho intramolecular Hbond substituents is 2. The summed E-state index contributed by atoms with van der Waals surface area (Å²) in [5.41, 5.74) is -0.195. The number of aryl methyl sites for hydroxylation is 1. The highest BCUT2D eigenvalue weighted by molar-refractivity contribution is 5.52. The fourth-order valence-electron chi connectivity index (χ4n) is 2.51. The van der Waals surface area contributed by atoms with E-state index in [9.17, 15) is 30.4 Å². The summed E-state index contributed by atoms with van der Waals surface area (Å²) >= 11 is 0. The van der Waals surface area contributed by atoms with Gasteiger partial charge in [-0.3, -0.25) is 20.2 Å². The van der Waals surface area contributed by atoms with Gasteiger partial charge in [-0.15, -0.1) is 0 Å². The molecule has 0 aliphatic rings. The van der Waals surface area contributed by atoms with E-state index in [4.69, 9.17) is 9.47 Å². The van der Waals surface area contributed by atoms with Crippen LogP contribution in [0.3, 0.4) is 0 Å². The lowest BCUT2D eigenvalue weighted by Crippen LogP contribution is -1.92. The Morgan fingerprint density at radius 2 is 1.17 bits per heavy atom. The molecule has 0 heterocycles. The molecule has 0 atom stereocenters. The van der Waals surface area contributed by atoms with Gasteiger partial charge in [0.25, 0.3) is 0 Å². The zero-order valence-corrected chi connectivity index (χ0v) is 14.9. The number of nitro benzene ring substituents is 2. The SMILES string of the molecule is Cc1cc(Oc2ccc([N+](=O)[O-])c(O)c2)ccc1Oc1ccc([N+](=O)[O-])c(O)c1. The second-order valence-corrected chi connectivity index (χ2v) is 5.95. The molecule has 3 aromatic carbocycles. The van der Waals surface area contributed by atoms with Gasteiger partial charge in [0.1, 0.15) is 23.0 Å². The average molecular weight is 398 g/mol. The number of ether oxygens (including phenoxy) is 2. The molecule has 0 aliphatic heterocycles. The largest absolute Gasteiger partial charge is 0.502 e. The van der Waals surface area contributed by atoms with Gasteiger partial charge in [0.2, 0.25) is 0 Å². The number of phenols is 2. The number of rotatable bonds is 6. The molecule has 0 radical (unpaired) electrons. The number of nitro groups is 2. The normalized spacial score (nSPS) is 10.4. The van der Waals surface area contributed by atoms with Crippen LogP contribution in [-0.2, 0) is 0 Å². The van der Waals surface area contributed by atoms with E-state index >= 15 is 0 Å². The summed E-state index contributed by atoms with van der Waals surface area (Å²) in [5, 5.41) is 40.9. The Hall–Kier alpha value is -4.34. The number of hydrogen-bond donors (Lipinski definition) is 2. The van der Waals surface area contributed by atoms with Crippen molar-refractivity contribution in [1.29, 1.82) is 0 Å². The third kappa shape index (κ3) is 4.33. The summed E-state index contributed by atoms with van der Waals surface area (Å²) in [6.45, 7) is 1.74. The van der Waals surface area contributed by atoms with Crippen LogP contribution in [0.4, 0.5) is 11.4 Å². The number of nitrogens with zero attached hydrogens (tertiary/aromatic N) is 2. The fraction of sp³-hybridized carbons (Fsp3) is 0.0526. The molecule has 10 heteroatoms. The third-order valence-electron chi connectivity index (χ3n) is 3.90. The molecule has 2 N–H and O–H groups in total. The molecular weight excluding hydrogens is 384 g/mol. The van der Waals surface area contributed by atoms with Crippen molar-refractivity contribution in [2.75, 3.05) is 0 Å². The predicted molar refractivity (Wildman–Crippen MR) is 101 cm³/mol. The van der Waals surface area contributed by atoms with Gasteiger partial charge in [-0.25, -0.2) is 0 Å². The lowest BCUT2D eigenvalue weighted by Gasteiger charge is -2.12. The fourth-order valence-corrected chi connectivity index (χ4v) is 2.51. The van der Waals surface area contributed by atoms with Gasteiger partial charge in [-0.2, -0.15) is 0 Å². The maximum atomic E-state index is 10.7. The summed E-state index contributed by atoms with van der Waals surface area (Å²) < 4.78 is 11.2. The van der Waals surface area contributed by atoms with Crippen molar-refractivity contribution in [3.05, 3.63) is 80.4 Å². The highest BCUT2D eigenvalue weighted by atomic mass is 16.6. The van der Waals surface area contributed by atoms with Crippen LogP contribution in [-0.4, -0.2) is 20.1 Å². The molecule has 148 valence electrons. The average Bonchev–Trinajstić information content (AvgIpc) is 2.63. The van der Waals surface area contributed by atoms with Crippen molar-refractivity contribution in [1.82, 2.24) is 0 Å². The van der Waals surface area contributed by atoms with Gasteiger partial charge in [0.15, 0.2) is 11.5 Å². The van der Waals surface area contributed by atoms with Gasteiger partial charge in [-0.05, 0) is 42.8 Å². The molecule has 0 amide bonds. The van der Waals surface area contributed by atoms with Crippen molar-refractivity contribution in [3.8, 4) is 34.5 Å². The molecule has 0 saturated heterocycles. The van der Waals surface area contributed by atoms with E-state index < -0.39 is 32.7 Å². The van der Waals surface area contributed by atoms with E-state index in [0.29, 0.717) is 17.1 Å². The van der Waals surface area contributed by atoms with Crippen LogP contribution in [0, 0.1) is 27.2 Å². The number of aromatic hydroxyl groups is 2. The monoisotopic (exact) mass is 398 g/mol. The molecular formula is C19H14N2O8. The first-order valence-corrected chi connectivity index (χ1v) is 8.16. The minimum atomic E-state index is -0.703. The van der Waals surface area contributed by atoms with Crippen LogP contribution >= 0.6 is 0 Å². The predicted octanol–water partition coefficient (Wildman–Crippen LogP) is 4.81. The highest BCUT2D eigenvalue weighted by Gasteiger charge is 2.15. The number of benzene rings is 3. The maximum Gasteiger partial charge on any atom is 0.310 e. The molecule has 0 aromatic heterocycles. The Labute approximate surface area is 163 Å². The van der Waals surface area contributed by atoms with Crippen LogP contribution in [0.1, 0.15) is 5.56 Å². The first-order chi connectivity index (χ1) is 13.7. The summed E-state index contributed by atoms with van der Waals surface area (Å²) in [5.74, 6) is 0.226. The van der Waals surface area contributed by atoms with Crippen molar-refractivity contribution < 1.29 is 29.5 Å². The minimum Gasteiger partial charge on any atom is -0.502 e. The van der Waals surface area contributed by atoms with E-state index in [-0.39, 0.29) is 11.5 Å². The Bertz CT molecular complexity index is 1110. The summed E-state index contributed by atoms with van der Waals surface area (Å²) in [4.78, 5) is 20.1. The first kappa shape index (κ1) is 19.4. The topological polar surface area (TPSA) is 145 Å². The van der Waals surface area contributed by atoms with Crippen molar-refractivity contribution in [3.63, 3.8) is 0 Å². The van der Waals surface area contributed by atoms with Crippen LogP contribution in [0.2, 0.25) is 0 Å². The molecule has 3 rings (SSSR count). The van der Waals surface area contributed by atoms with Gasteiger partial charge < -0.3 is 19.7 Å². The Kier molecular flexibility index (Phi) is 5.17. The van der Waals surface area contributed by atoms with Gasteiger partial charge in [0, 0.05) is 24.3 Å². The maximum absolute atomic E-state index is 10.7. The second-order valence-electron chi connectivity index (χ2n) is 5.95. The highest BCUT2D eigenvalue weighted by Crippen LogP contribution is 2.36. The quantitative estimate of drug-likeness (QED) is 0.444. The molecule has 29 heavy (non-hydrogen) atoms.